The number of amides is 1. The van der Waals surface area contributed by atoms with Crippen molar-refractivity contribution in [1.29, 1.82) is 0 Å². The summed E-state index contributed by atoms with van der Waals surface area (Å²) in [5.74, 6) is 0.346. The minimum absolute atomic E-state index is 0.0339. The quantitative estimate of drug-likeness (QED) is 0.699. The molecule has 3 rings (SSSR count). The lowest BCUT2D eigenvalue weighted by Gasteiger charge is -2.17. The number of fused-ring (bicyclic) bond motifs is 1. The molecule has 1 saturated heterocycles. The fraction of sp³-hybridized carbons (Fsp3) is 0.364. The monoisotopic (exact) mass is 217 g/mol. The third-order valence-electron chi connectivity index (χ3n) is 2.79. The van der Waals surface area contributed by atoms with Gasteiger partial charge in [-0.25, -0.2) is 4.98 Å². The van der Waals surface area contributed by atoms with E-state index in [2.05, 4.69) is 10.1 Å². The Kier molecular flexibility index (Phi) is 2.18. The zero-order chi connectivity index (χ0) is 11.0. The SMILES string of the molecule is O=C1C2COCCC2=NN1c1ccccn1. The number of hydrogen-bond donors (Lipinski definition) is 0. The summed E-state index contributed by atoms with van der Waals surface area (Å²) in [6.45, 7) is 1.10. The van der Waals surface area contributed by atoms with Gasteiger partial charge in [0, 0.05) is 12.6 Å². The van der Waals surface area contributed by atoms with Crippen LogP contribution < -0.4 is 5.01 Å². The van der Waals surface area contributed by atoms with Crippen molar-refractivity contribution in [3.8, 4) is 0 Å². The second kappa shape index (κ2) is 3.68. The first-order valence-electron chi connectivity index (χ1n) is 5.26. The zero-order valence-corrected chi connectivity index (χ0v) is 8.67. The van der Waals surface area contributed by atoms with Gasteiger partial charge in [-0.3, -0.25) is 4.79 Å². The summed E-state index contributed by atoms with van der Waals surface area (Å²) in [6.07, 6.45) is 2.39. The fourth-order valence-electron chi connectivity index (χ4n) is 1.95. The molecule has 1 amide bonds. The number of carbonyl (C=O) groups is 1. The number of hydrogen-bond acceptors (Lipinski definition) is 4. The molecule has 0 aromatic carbocycles. The Morgan fingerprint density at radius 3 is 3.12 bits per heavy atom. The summed E-state index contributed by atoms with van der Waals surface area (Å²) in [5, 5.41) is 5.70. The standard InChI is InChI=1S/C11H11N3O2/c15-11-8-7-16-6-4-9(8)13-14(11)10-3-1-2-5-12-10/h1-3,5,8H,4,6-7H2. The second-order valence-corrected chi connectivity index (χ2v) is 3.81. The molecule has 1 unspecified atom stereocenters. The molecule has 3 heterocycles. The van der Waals surface area contributed by atoms with Gasteiger partial charge in [0.15, 0.2) is 5.82 Å². The van der Waals surface area contributed by atoms with Crippen molar-refractivity contribution in [1.82, 2.24) is 4.98 Å². The molecule has 1 aromatic heterocycles. The fourth-order valence-corrected chi connectivity index (χ4v) is 1.95. The molecule has 0 N–H and O–H groups in total. The second-order valence-electron chi connectivity index (χ2n) is 3.81. The lowest BCUT2D eigenvalue weighted by atomic mass is 10.0. The van der Waals surface area contributed by atoms with E-state index in [0.717, 1.165) is 12.1 Å². The number of hydrazone groups is 1. The van der Waals surface area contributed by atoms with Crippen LogP contribution >= 0.6 is 0 Å². The van der Waals surface area contributed by atoms with Crippen LogP contribution in [0.15, 0.2) is 29.5 Å². The van der Waals surface area contributed by atoms with Gasteiger partial charge < -0.3 is 4.74 Å². The zero-order valence-electron chi connectivity index (χ0n) is 8.67. The first-order chi connectivity index (χ1) is 7.86. The summed E-state index contributed by atoms with van der Waals surface area (Å²) in [4.78, 5) is 16.2. The Hall–Kier alpha value is -1.75. The van der Waals surface area contributed by atoms with E-state index in [1.165, 1.54) is 5.01 Å². The summed E-state index contributed by atoms with van der Waals surface area (Å²) in [6, 6.07) is 5.43. The maximum atomic E-state index is 12.0. The van der Waals surface area contributed by atoms with Crippen molar-refractivity contribution >= 4 is 17.4 Å². The third-order valence-corrected chi connectivity index (χ3v) is 2.79. The van der Waals surface area contributed by atoms with Gasteiger partial charge in [-0.1, -0.05) is 6.07 Å². The van der Waals surface area contributed by atoms with Crippen LogP contribution in [0.1, 0.15) is 6.42 Å². The van der Waals surface area contributed by atoms with Crippen LogP contribution in [0.25, 0.3) is 0 Å². The molecule has 2 aliphatic heterocycles. The van der Waals surface area contributed by atoms with Crippen molar-refractivity contribution in [2.24, 2.45) is 11.0 Å². The summed E-state index contributed by atoms with van der Waals surface area (Å²) in [7, 11) is 0. The molecular formula is C11H11N3O2. The lowest BCUT2D eigenvalue weighted by molar-refractivity contribution is -0.121. The van der Waals surface area contributed by atoms with Crippen molar-refractivity contribution in [3.63, 3.8) is 0 Å². The Labute approximate surface area is 92.7 Å². The highest BCUT2D eigenvalue weighted by Gasteiger charge is 2.38. The van der Waals surface area contributed by atoms with E-state index in [1.54, 1.807) is 12.3 Å². The smallest absolute Gasteiger partial charge is 0.260 e. The third kappa shape index (κ3) is 1.40. The molecule has 1 atom stereocenters. The van der Waals surface area contributed by atoms with Gasteiger partial charge in [-0.2, -0.15) is 10.1 Å². The molecule has 2 aliphatic rings. The number of ether oxygens (including phenoxy) is 1. The van der Waals surface area contributed by atoms with Crippen LogP contribution in [0.2, 0.25) is 0 Å². The highest BCUT2D eigenvalue weighted by Crippen LogP contribution is 2.25. The highest BCUT2D eigenvalue weighted by molar-refractivity contribution is 6.15. The van der Waals surface area contributed by atoms with Gasteiger partial charge in [0.2, 0.25) is 0 Å². The predicted octanol–water partition coefficient (Wildman–Crippen LogP) is 0.821. The van der Waals surface area contributed by atoms with Crippen LogP contribution in [0, 0.1) is 5.92 Å². The Morgan fingerprint density at radius 2 is 2.38 bits per heavy atom. The molecule has 0 spiro atoms. The molecule has 82 valence electrons. The molecule has 0 radical (unpaired) electrons. The number of carbonyl (C=O) groups excluding carboxylic acids is 1. The summed E-state index contributed by atoms with van der Waals surface area (Å²) < 4.78 is 5.29. The number of nitrogens with zero attached hydrogens (tertiary/aromatic N) is 3. The van der Waals surface area contributed by atoms with Crippen LogP contribution in [0.3, 0.4) is 0 Å². The van der Waals surface area contributed by atoms with E-state index in [4.69, 9.17) is 4.74 Å². The number of aromatic nitrogens is 1. The molecule has 0 saturated carbocycles. The molecule has 0 bridgehead atoms. The predicted molar refractivity (Wildman–Crippen MR) is 58.1 cm³/mol. The van der Waals surface area contributed by atoms with E-state index < -0.39 is 0 Å². The van der Waals surface area contributed by atoms with E-state index in [1.807, 2.05) is 12.1 Å². The van der Waals surface area contributed by atoms with Crippen molar-refractivity contribution in [2.45, 2.75) is 6.42 Å². The molecule has 1 aromatic rings. The molecule has 5 nitrogen and oxygen atoms in total. The van der Waals surface area contributed by atoms with Crippen molar-refractivity contribution in [3.05, 3.63) is 24.4 Å². The van der Waals surface area contributed by atoms with Gasteiger partial charge in [0.05, 0.1) is 18.9 Å². The van der Waals surface area contributed by atoms with Crippen LogP contribution in [0.4, 0.5) is 5.82 Å². The Bertz CT molecular complexity index is 444. The topological polar surface area (TPSA) is 54.8 Å². The normalized spacial score (nSPS) is 24.2. The first kappa shape index (κ1) is 9.47. The number of anilines is 1. The molecule has 5 heteroatoms. The van der Waals surface area contributed by atoms with E-state index >= 15 is 0 Å². The lowest BCUT2D eigenvalue weighted by Crippen LogP contribution is -2.34. The van der Waals surface area contributed by atoms with Gasteiger partial charge >= 0.3 is 0 Å². The van der Waals surface area contributed by atoms with Gasteiger partial charge in [-0.05, 0) is 12.1 Å². The van der Waals surface area contributed by atoms with E-state index in [9.17, 15) is 4.79 Å². The number of pyridine rings is 1. The summed E-state index contributed by atoms with van der Waals surface area (Å²) >= 11 is 0. The highest BCUT2D eigenvalue weighted by atomic mass is 16.5. The van der Waals surface area contributed by atoms with Gasteiger partial charge in [0.1, 0.15) is 5.92 Å². The van der Waals surface area contributed by atoms with Gasteiger partial charge in [0.25, 0.3) is 5.91 Å². The molecule has 0 aliphatic carbocycles. The maximum absolute atomic E-state index is 12.0. The number of rotatable bonds is 1. The average molecular weight is 217 g/mol. The largest absolute Gasteiger partial charge is 0.380 e. The Morgan fingerprint density at radius 1 is 1.44 bits per heavy atom. The van der Waals surface area contributed by atoms with E-state index in [0.29, 0.717) is 19.0 Å². The maximum Gasteiger partial charge on any atom is 0.260 e. The minimum atomic E-state index is -0.198. The molecule has 16 heavy (non-hydrogen) atoms. The molecular weight excluding hydrogens is 206 g/mol. The average Bonchev–Trinajstić information content (AvgIpc) is 2.69. The summed E-state index contributed by atoms with van der Waals surface area (Å²) in [5.41, 5.74) is 0.918. The van der Waals surface area contributed by atoms with Crippen LogP contribution in [-0.4, -0.2) is 29.8 Å². The van der Waals surface area contributed by atoms with Crippen molar-refractivity contribution in [2.75, 3.05) is 18.2 Å². The van der Waals surface area contributed by atoms with Crippen LogP contribution in [-0.2, 0) is 9.53 Å². The van der Waals surface area contributed by atoms with Gasteiger partial charge in [-0.15, -0.1) is 0 Å². The minimum Gasteiger partial charge on any atom is -0.380 e. The molecule has 1 fully saturated rings. The van der Waals surface area contributed by atoms with Crippen molar-refractivity contribution < 1.29 is 9.53 Å². The van der Waals surface area contributed by atoms with E-state index in [-0.39, 0.29) is 11.8 Å². The Balaban J connectivity index is 1.93. The van der Waals surface area contributed by atoms with Crippen LogP contribution in [0.5, 0.6) is 0 Å². The first-order valence-corrected chi connectivity index (χ1v) is 5.26.